The highest BCUT2D eigenvalue weighted by molar-refractivity contribution is 5.95. The Balaban J connectivity index is 2.05. The largest absolute Gasteiger partial charge is 0.399 e. The van der Waals surface area contributed by atoms with E-state index in [0.29, 0.717) is 17.4 Å². The highest BCUT2D eigenvalue weighted by Crippen LogP contribution is 2.34. The van der Waals surface area contributed by atoms with Crippen molar-refractivity contribution in [3.05, 3.63) is 29.6 Å². The second kappa shape index (κ2) is 5.59. The Morgan fingerprint density at radius 2 is 2.16 bits per heavy atom. The number of nitrogens with two attached hydrogens (primary N) is 1. The van der Waals surface area contributed by atoms with Crippen LogP contribution in [0.2, 0.25) is 0 Å². The summed E-state index contributed by atoms with van der Waals surface area (Å²) < 4.78 is 13.2. The SMILES string of the molecule is CCC1CCC(NC(=O)c2cc(N)cc(F)c2)C1C. The van der Waals surface area contributed by atoms with Crippen LogP contribution >= 0.6 is 0 Å². The van der Waals surface area contributed by atoms with E-state index in [1.807, 2.05) is 0 Å². The fraction of sp³-hybridized carbons (Fsp3) is 0.533. The van der Waals surface area contributed by atoms with Gasteiger partial charge in [-0.25, -0.2) is 4.39 Å². The first-order valence-electron chi connectivity index (χ1n) is 6.88. The molecule has 0 saturated heterocycles. The maximum absolute atomic E-state index is 13.2. The molecule has 1 fully saturated rings. The van der Waals surface area contributed by atoms with Crippen LogP contribution in [-0.4, -0.2) is 11.9 Å². The van der Waals surface area contributed by atoms with E-state index in [0.717, 1.165) is 19.3 Å². The number of rotatable bonds is 3. The van der Waals surface area contributed by atoms with E-state index in [4.69, 9.17) is 5.73 Å². The lowest BCUT2D eigenvalue weighted by Gasteiger charge is -2.21. The normalized spacial score (nSPS) is 26.4. The van der Waals surface area contributed by atoms with E-state index >= 15 is 0 Å². The summed E-state index contributed by atoms with van der Waals surface area (Å²) in [4.78, 5) is 12.1. The molecule has 104 valence electrons. The summed E-state index contributed by atoms with van der Waals surface area (Å²) in [5.41, 5.74) is 6.13. The molecule has 0 aromatic heterocycles. The van der Waals surface area contributed by atoms with Gasteiger partial charge in [-0.15, -0.1) is 0 Å². The molecule has 19 heavy (non-hydrogen) atoms. The maximum Gasteiger partial charge on any atom is 0.251 e. The lowest BCUT2D eigenvalue weighted by Crippen LogP contribution is -2.37. The van der Waals surface area contributed by atoms with E-state index in [9.17, 15) is 9.18 Å². The van der Waals surface area contributed by atoms with Gasteiger partial charge >= 0.3 is 0 Å². The van der Waals surface area contributed by atoms with E-state index in [1.54, 1.807) is 0 Å². The lowest BCUT2D eigenvalue weighted by molar-refractivity contribution is 0.0926. The van der Waals surface area contributed by atoms with Gasteiger partial charge in [0, 0.05) is 17.3 Å². The number of halogens is 1. The molecule has 1 aliphatic carbocycles. The summed E-state index contributed by atoms with van der Waals surface area (Å²) in [5.74, 6) is 0.429. The van der Waals surface area contributed by atoms with E-state index < -0.39 is 5.82 Å². The zero-order valence-corrected chi connectivity index (χ0v) is 11.4. The molecule has 4 heteroatoms. The number of carbonyl (C=O) groups excluding carboxylic acids is 1. The van der Waals surface area contributed by atoms with Crippen molar-refractivity contribution in [2.24, 2.45) is 11.8 Å². The molecular formula is C15H21FN2O. The first-order valence-corrected chi connectivity index (χ1v) is 6.88. The Bertz CT molecular complexity index is 455. The molecule has 3 atom stereocenters. The van der Waals surface area contributed by atoms with Crippen LogP contribution in [0.1, 0.15) is 43.5 Å². The quantitative estimate of drug-likeness (QED) is 0.825. The van der Waals surface area contributed by atoms with Gasteiger partial charge in [-0.05, 0) is 42.9 Å². The molecule has 3 unspecified atom stereocenters. The molecule has 0 bridgehead atoms. The van der Waals surface area contributed by atoms with Crippen molar-refractivity contribution in [1.29, 1.82) is 0 Å². The van der Waals surface area contributed by atoms with Crippen LogP contribution in [0.15, 0.2) is 18.2 Å². The van der Waals surface area contributed by atoms with Crippen molar-refractivity contribution in [3.63, 3.8) is 0 Å². The van der Waals surface area contributed by atoms with Crippen LogP contribution in [0.25, 0.3) is 0 Å². The van der Waals surface area contributed by atoms with Crippen LogP contribution in [-0.2, 0) is 0 Å². The number of hydrogen-bond acceptors (Lipinski definition) is 2. The first kappa shape index (κ1) is 13.8. The van der Waals surface area contributed by atoms with Gasteiger partial charge in [0.25, 0.3) is 5.91 Å². The van der Waals surface area contributed by atoms with Gasteiger partial charge in [-0.1, -0.05) is 20.3 Å². The van der Waals surface area contributed by atoms with Crippen molar-refractivity contribution in [3.8, 4) is 0 Å². The third-order valence-electron chi connectivity index (χ3n) is 4.25. The average molecular weight is 264 g/mol. The van der Waals surface area contributed by atoms with Crippen LogP contribution in [0.3, 0.4) is 0 Å². The van der Waals surface area contributed by atoms with Crippen LogP contribution < -0.4 is 11.1 Å². The van der Waals surface area contributed by atoms with Gasteiger partial charge in [0.1, 0.15) is 5.82 Å². The summed E-state index contributed by atoms with van der Waals surface area (Å²) in [6.45, 7) is 4.35. The maximum atomic E-state index is 13.2. The molecule has 1 saturated carbocycles. The fourth-order valence-corrected chi connectivity index (χ4v) is 3.02. The zero-order chi connectivity index (χ0) is 14.0. The van der Waals surface area contributed by atoms with E-state index in [2.05, 4.69) is 19.2 Å². The molecule has 1 aliphatic rings. The topological polar surface area (TPSA) is 55.1 Å². The van der Waals surface area contributed by atoms with Crippen LogP contribution in [0, 0.1) is 17.7 Å². The van der Waals surface area contributed by atoms with Gasteiger partial charge in [-0.3, -0.25) is 4.79 Å². The Labute approximate surface area is 113 Å². The first-order chi connectivity index (χ1) is 9.01. The third-order valence-corrected chi connectivity index (χ3v) is 4.25. The fourth-order valence-electron chi connectivity index (χ4n) is 3.02. The molecule has 0 spiro atoms. The monoisotopic (exact) mass is 264 g/mol. The van der Waals surface area contributed by atoms with Gasteiger partial charge in [-0.2, -0.15) is 0 Å². The number of anilines is 1. The molecule has 0 aliphatic heterocycles. The summed E-state index contributed by atoms with van der Waals surface area (Å²) in [6, 6.07) is 4.13. The number of benzene rings is 1. The molecular weight excluding hydrogens is 243 g/mol. The van der Waals surface area contributed by atoms with Gasteiger partial charge < -0.3 is 11.1 Å². The molecule has 3 N–H and O–H groups in total. The van der Waals surface area contributed by atoms with Crippen molar-refractivity contribution >= 4 is 11.6 Å². The predicted octanol–water partition coefficient (Wildman–Crippen LogP) is 2.96. The van der Waals surface area contributed by atoms with Crippen molar-refractivity contribution in [2.45, 2.75) is 39.2 Å². The molecule has 0 heterocycles. The Kier molecular flexibility index (Phi) is 4.08. The molecule has 2 rings (SSSR count). The van der Waals surface area contributed by atoms with Gasteiger partial charge in [0.05, 0.1) is 0 Å². The van der Waals surface area contributed by atoms with Crippen LogP contribution in [0.4, 0.5) is 10.1 Å². The summed E-state index contributed by atoms with van der Waals surface area (Å²) >= 11 is 0. The van der Waals surface area contributed by atoms with Crippen molar-refractivity contribution in [1.82, 2.24) is 5.32 Å². The molecule has 0 radical (unpaired) electrons. The predicted molar refractivity (Wildman–Crippen MR) is 74.2 cm³/mol. The Morgan fingerprint density at radius 1 is 1.42 bits per heavy atom. The summed E-state index contributed by atoms with van der Waals surface area (Å²) in [7, 11) is 0. The Morgan fingerprint density at radius 3 is 2.74 bits per heavy atom. The molecule has 3 nitrogen and oxygen atoms in total. The summed E-state index contributed by atoms with van der Waals surface area (Å²) in [5, 5.41) is 3.00. The lowest BCUT2D eigenvalue weighted by atomic mass is 9.93. The number of nitrogen functional groups attached to an aromatic ring is 1. The molecule has 1 aromatic carbocycles. The number of hydrogen-bond donors (Lipinski definition) is 2. The second-order valence-corrected chi connectivity index (χ2v) is 5.46. The highest BCUT2D eigenvalue weighted by atomic mass is 19.1. The number of carbonyl (C=O) groups is 1. The minimum atomic E-state index is -0.476. The van der Waals surface area contributed by atoms with Crippen LogP contribution in [0.5, 0.6) is 0 Å². The number of amides is 1. The number of nitrogens with one attached hydrogen (secondary N) is 1. The van der Waals surface area contributed by atoms with Crippen molar-refractivity contribution < 1.29 is 9.18 Å². The minimum absolute atomic E-state index is 0.182. The smallest absolute Gasteiger partial charge is 0.251 e. The average Bonchev–Trinajstić information content (AvgIpc) is 2.69. The highest BCUT2D eigenvalue weighted by Gasteiger charge is 2.32. The second-order valence-electron chi connectivity index (χ2n) is 5.46. The molecule has 1 amide bonds. The standard InChI is InChI=1S/C15H21FN2O/c1-3-10-4-5-14(9(10)2)18-15(19)11-6-12(16)8-13(17)7-11/h6-10,14H,3-5,17H2,1-2H3,(H,18,19). The Hall–Kier alpha value is -1.58. The molecule has 1 aromatic rings. The summed E-state index contributed by atoms with van der Waals surface area (Å²) in [6.07, 6.45) is 3.28. The minimum Gasteiger partial charge on any atom is -0.399 e. The third kappa shape index (κ3) is 3.06. The van der Waals surface area contributed by atoms with Gasteiger partial charge in [0.2, 0.25) is 0 Å². The van der Waals surface area contributed by atoms with Crippen molar-refractivity contribution in [2.75, 3.05) is 5.73 Å². The zero-order valence-electron chi connectivity index (χ0n) is 11.4. The van der Waals surface area contributed by atoms with E-state index in [-0.39, 0.29) is 17.6 Å². The van der Waals surface area contributed by atoms with E-state index in [1.165, 1.54) is 18.2 Å². The van der Waals surface area contributed by atoms with Gasteiger partial charge in [0.15, 0.2) is 0 Å².